The fourth-order valence-corrected chi connectivity index (χ4v) is 3.00. The van der Waals surface area contributed by atoms with Gasteiger partial charge in [-0.15, -0.1) is 0 Å². The molecule has 2 heterocycles. The van der Waals surface area contributed by atoms with Crippen molar-refractivity contribution in [2.75, 3.05) is 0 Å². The zero-order chi connectivity index (χ0) is 19.3. The van der Waals surface area contributed by atoms with Crippen LogP contribution in [0.5, 0.6) is 0 Å². The van der Waals surface area contributed by atoms with E-state index in [9.17, 15) is 4.39 Å². The molecule has 0 saturated heterocycles. The highest BCUT2D eigenvalue weighted by Crippen LogP contribution is 2.33. The van der Waals surface area contributed by atoms with Gasteiger partial charge >= 0.3 is 0 Å². The molecule has 0 aliphatic rings. The van der Waals surface area contributed by atoms with Gasteiger partial charge in [0.15, 0.2) is 0 Å². The average molecular weight is 350 g/mol. The predicted molar refractivity (Wildman–Crippen MR) is 108 cm³/mol. The van der Waals surface area contributed by atoms with Gasteiger partial charge in [0, 0.05) is 35.3 Å². The number of pyridine rings is 2. The quantitative estimate of drug-likeness (QED) is 0.490. The summed E-state index contributed by atoms with van der Waals surface area (Å²) in [5, 5.41) is 0. The van der Waals surface area contributed by atoms with Gasteiger partial charge in [-0.2, -0.15) is 4.39 Å². The number of aromatic nitrogens is 2. The number of nitrogens with zero attached hydrogens (tertiary/aromatic N) is 2. The Balaban J connectivity index is 0.00000117. The number of hydrogen-bond donors (Lipinski definition) is 0. The molecule has 3 heteroatoms. The lowest BCUT2D eigenvalue weighted by atomic mass is 9.90. The molecule has 1 aromatic carbocycles. The van der Waals surface area contributed by atoms with Crippen LogP contribution in [0.2, 0.25) is 0 Å². The molecule has 0 radical (unpaired) electrons. The molecule has 2 aromatic heterocycles. The van der Waals surface area contributed by atoms with Crippen LogP contribution in [0.3, 0.4) is 0 Å². The van der Waals surface area contributed by atoms with Crippen molar-refractivity contribution in [1.82, 2.24) is 9.97 Å². The van der Waals surface area contributed by atoms with Crippen molar-refractivity contribution in [3.8, 4) is 22.3 Å². The molecule has 0 saturated carbocycles. The van der Waals surface area contributed by atoms with Crippen LogP contribution in [0.1, 0.15) is 50.3 Å². The first-order valence-electron chi connectivity index (χ1n) is 9.15. The Bertz CT molecular complexity index is 885. The molecule has 0 amide bonds. The molecule has 0 N–H and O–H groups in total. The molecule has 0 aliphatic carbocycles. The molecule has 0 unspecified atom stereocenters. The van der Waals surface area contributed by atoms with Crippen molar-refractivity contribution in [3.63, 3.8) is 0 Å². The SMILES string of the molecule is CC.Cc1cc(-c2cnc(F)c(C)c2)ccc1-c1cnccc1C(C)C. The molecule has 2 nitrogen and oxygen atoms in total. The van der Waals surface area contributed by atoms with E-state index < -0.39 is 5.95 Å². The van der Waals surface area contributed by atoms with Gasteiger partial charge < -0.3 is 0 Å². The Labute approximate surface area is 156 Å². The van der Waals surface area contributed by atoms with Gasteiger partial charge in [-0.25, -0.2) is 4.98 Å². The molecule has 0 spiro atoms. The summed E-state index contributed by atoms with van der Waals surface area (Å²) >= 11 is 0. The molecular formula is C23H27FN2. The van der Waals surface area contributed by atoms with E-state index in [-0.39, 0.29) is 0 Å². The minimum Gasteiger partial charge on any atom is -0.264 e. The smallest absolute Gasteiger partial charge is 0.215 e. The summed E-state index contributed by atoms with van der Waals surface area (Å²) in [6.45, 7) is 12.2. The summed E-state index contributed by atoms with van der Waals surface area (Å²) in [5.41, 5.74) is 7.35. The lowest BCUT2D eigenvalue weighted by Crippen LogP contribution is -1.95. The van der Waals surface area contributed by atoms with E-state index in [1.165, 1.54) is 22.3 Å². The maximum Gasteiger partial charge on any atom is 0.215 e. The third-order valence-electron chi connectivity index (χ3n) is 4.34. The van der Waals surface area contributed by atoms with E-state index in [2.05, 4.69) is 55.0 Å². The fraction of sp³-hybridized carbons (Fsp3) is 0.304. The van der Waals surface area contributed by atoms with Crippen molar-refractivity contribution in [1.29, 1.82) is 0 Å². The standard InChI is InChI=1S/C21H21FN2.C2H6/c1-13(2)18-7-8-23-12-20(18)19-6-5-16(9-14(19)3)17-10-15(4)21(22)24-11-17;1-2/h5-13H,1-4H3;1-2H3. The van der Waals surface area contributed by atoms with Crippen LogP contribution in [-0.2, 0) is 0 Å². The third kappa shape index (κ3) is 4.16. The van der Waals surface area contributed by atoms with Gasteiger partial charge in [0.25, 0.3) is 0 Å². The monoisotopic (exact) mass is 350 g/mol. The predicted octanol–water partition coefficient (Wildman–Crippen LogP) is 6.72. The lowest BCUT2D eigenvalue weighted by Gasteiger charge is -2.15. The van der Waals surface area contributed by atoms with Crippen LogP contribution in [-0.4, -0.2) is 9.97 Å². The van der Waals surface area contributed by atoms with E-state index in [1.54, 1.807) is 13.1 Å². The van der Waals surface area contributed by atoms with Crippen molar-refractivity contribution in [3.05, 3.63) is 71.6 Å². The summed E-state index contributed by atoms with van der Waals surface area (Å²) in [7, 11) is 0. The minimum absolute atomic E-state index is 0.413. The normalized spacial score (nSPS) is 10.5. The number of hydrogen-bond acceptors (Lipinski definition) is 2. The average Bonchev–Trinajstić information content (AvgIpc) is 2.65. The maximum absolute atomic E-state index is 13.4. The van der Waals surface area contributed by atoms with Crippen LogP contribution in [0, 0.1) is 19.8 Å². The number of rotatable bonds is 3. The number of halogens is 1. The first-order valence-corrected chi connectivity index (χ1v) is 9.15. The van der Waals surface area contributed by atoms with E-state index in [4.69, 9.17) is 0 Å². The molecule has 0 aliphatic heterocycles. The molecule has 3 aromatic rings. The number of benzene rings is 1. The van der Waals surface area contributed by atoms with Crippen LogP contribution >= 0.6 is 0 Å². The maximum atomic E-state index is 13.4. The zero-order valence-electron chi connectivity index (χ0n) is 16.5. The Morgan fingerprint density at radius 3 is 2.15 bits per heavy atom. The van der Waals surface area contributed by atoms with Gasteiger partial charge in [-0.3, -0.25) is 4.98 Å². The highest BCUT2D eigenvalue weighted by atomic mass is 19.1. The summed E-state index contributed by atoms with van der Waals surface area (Å²) < 4.78 is 13.4. The van der Waals surface area contributed by atoms with Crippen molar-refractivity contribution < 1.29 is 4.39 Å². The largest absolute Gasteiger partial charge is 0.264 e. The first kappa shape index (κ1) is 19.8. The van der Waals surface area contributed by atoms with Gasteiger partial charge in [0.05, 0.1) is 0 Å². The molecule has 26 heavy (non-hydrogen) atoms. The molecule has 0 fully saturated rings. The van der Waals surface area contributed by atoms with E-state index in [0.717, 1.165) is 11.1 Å². The molecule has 136 valence electrons. The lowest BCUT2D eigenvalue weighted by molar-refractivity contribution is 0.575. The minimum atomic E-state index is -0.413. The Kier molecular flexibility index (Phi) is 6.62. The molecule has 0 atom stereocenters. The van der Waals surface area contributed by atoms with Crippen LogP contribution in [0.25, 0.3) is 22.3 Å². The third-order valence-corrected chi connectivity index (χ3v) is 4.34. The summed E-state index contributed by atoms with van der Waals surface area (Å²) in [5.74, 6) is 0.0232. The Hall–Kier alpha value is -2.55. The van der Waals surface area contributed by atoms with Gasteiger partial charge in [-0.05, 0) is 54.2 Å². The number of aryl methyl sites for hydroxylation is 2. The van der Waals surface area contributed by atoms with Crippen molar-refractivity contribution in [2.24, 2.45) is 0 Å². The highest BCUT2D eigenvalue weighted by Gasteiger charge is 2.12. The van der Waals surface area contributed by atoms with Gasteiger partial charge in [0.2, 0.25) is 5.95 Å². The van der Waals surface area contributed by atoms with E-state index in [0.29, 0.717) is 11.5 Å². The van der Waals surface area contributed by atoms with E-state index >= 15 is 0 Å². The molecule has 3 rings (SSSR count). The fourth-order valence-electron chi connectivity index (χ4n) is 3.00. The second-order valence-corrected chi connectivity index (χ2v) is 6.48. The first-order chi connectivity index (χ1) is 12.5. The summed E-state index contributed by atoms with van der Waals surface area (Å²) in [6.07, 6.45) is 5.36. The summed E-state index contributed by atoms with van der Waals surface area (Å²) in [6, 6.07) is 10.2. The van der Waals surface area contributed by atoms with Gasteiger partial charge in [-0.1, -0.05) is 45.9 Å². The Morgan fingerprint density at radius 1 is 0.846 bits per heavy atom. The van der Waals surface area contributed by atoms with Crippen LogP contribution in [0.15, 0.2) is 48.9 Å². The van der Waals surface area contributed by atoms with E-state index in [1.807, 2.05) is 32.3 Å². The van der Waals surface area contributed by atoms with Crippen molar-refractivity contribution >= 4 is 0 Å². The molecular weight excluding hydrogens is 323 g/mol. The second-order valence-electron chi connectivity index (χ2n) is 6.48. The topological polar surface area (TPSA) is 25.8 Å². The van der Waals surface area contributed by atoms with Crippen LogP contribution in [0.4, 0.5) is 4.39 Å². The Morgan fingerprint density at radius 2 is 1.54 bits per heavy atom. The van der Waals surface area contributed by atoms with Crippen molar-refractivity contribution in [2.45, 2.75) is 47.5 Å². The van der Waals surface area contributed by atoms with Gasteiger partial charge in [0.1, 0.15) is 0 Å². The molecule has 0 bridgehead atoms. The van der Waals surface area contributed by atoms with Crippen LogP contribution < -0.4 is 0 Å². The highest BCUT2D eigenvalue weighted by molar-refractivity contribution is 5.75. The second kappa shape index (κ2) is 8.70. The summed E-state index contributed by atoms with van der Waals surface area (Å²) in [4.78, 5) is 8.12. The zero-order valence-corrected chi connectivity index (χ0v) is 16.5.